The second-order valence-electron chi connectivity index (χ2n) is 6.84. The molecule has 1 atom stereocenters. The molecule has 1 aromatic rings. The Labute approximate surface area is 136 Å². The fourth-order valence-electron chi connectivity index (χ4n) is 3.20. The highest BCUT2D eigenvalue weighted by atomic mass is 16.2. The Morgan fingerprint density at radius 1 is 1.30 bits per heavy atom. The third-order valence-corrected chi connectivity index (χ3v) is 4.70. The van der Waals surface area contributed by atoms with Crippen molar-refractivity contribution in [2.45, 2.75) is 51.5 Å². The Morgan fingerprint density at radius 2 is 2.13 bits per heavy atom. The molecule has 3 rings (SSSR count). The van der Waals surface area contributed by atoms with E-state index < -0.39 is 0 Å². The number of nitrogens with zero attached hydrogens (tertiary/aromatic N) is 2. The van der Waals surface area contributed by atoms with Gasteiger partial charge in [0.15, 0.2) is 0 Å². The monoisotopic (exact) mass is 318 g/mol. The molecule has 2 fully saturated rings. The minimum absolute atomic E-state index is 0.0942. The summed E-state index contributed by atoms with van der Waals surface area (Å²) in [5.41, 5.74) is 0.655. The van der Waals surface area contributed by atoms with Gasteiger partial charge in [-0.1, -0.05) is 0 Å². The minimum atomic E-state index is -0.0942. The standard InChI is InChI=1S/C17H26N4O2/c1-12-10-16(22)20-15(19-12)6-8-18-14-4-5-17(23)21(9-7-14)11-13-2-3-13/h10,13-14,18H,2-9,11H2,1H3,(H,19,20,22). The van der Waals surface area contributed by atoms with Gasteiger partial charge in [0.25, 0.3) is 5.56 Å². The lowest BCUT2D eigenvalue weighted by atomic mass is 10.1. The van der Waals surface area contributed by atoms with E-state index >= 15 is 0 Å². The van der Waals surface area contributed by atoms with Gasteiger partial charge in [0.05, 0.1) is 0 Å². The molecule has 1 amide bonds. The average molecular weight is 318 g/mol. The lowest BCUT2D eigenvalue weighted by Crippen LogP contribution is -2.34. The fourth-order valence-corrected chi connectivity index (χ4v) is 3.20. The molecular formula is C17H26N4O2. The molecule has 23 heavy (non-hydrogen) atoms. The molecule has 1 saturated carbocycles. The Hall–Kier alpha value is -1.69. The van der Waals surface area contributed by atoms with Crippen LogP contribution in [0.25, 0.3) is 0 Å². The first-order chi connectivity index (χ1) is 11.1. The smallest absolute Gasteiger partial charge is 0.251 e. The van der Waals surface area contributed by atoms with Gasteiger partial charge < -0.3 is 15.2 Å². The third kappa shape index (κ3) is 4.89. The van der Waals surface area contributed by atoms with Crippen LogP contribution < -0.4 is 10.9 Å². The number of likely N-dealkylation sites (tertiary alicyclic amines) is 1. The molecule has 2 aliphatic rings. The van der Waals surface area contributed by atoms with Crippen LogP contribution in [0.5, 0.6) is 0 Å². The Morgan fingerprint density at radius 3 is 2.87 bits per heavy atom. The normalized spacial score (nSPS) is 22.2. The molecule has 1 aliphatic carbocycles. The maximum absolute atomic E-state index is 12.1. The summed E-state index contributed by atoms with van der Waals surface area (Å²) in [5.74, 6) is 1.79. The topological polar surface area (TPSA) is 78.1 Å². The van der Waals surface area contributed by atoms with Crippen molar-refractivity contribution in [2.75, 3.05) is 19.6 Å². The maximum Gasteiger partial charge on any atom is 0.251 e. The molecule has 0 aromatic carbocycles. The van der Waals surface area contributed by atoms with Crippen molar-refractivity contribution in [3.05, 3.63) is 27.9 Å². The number of carbonyl (C=O) groups is 1. The number of aryl methyl sites for hydroxylation is 1. The van der Waals surface area contributed by atoms with Crippen molar-refractivity contribution in [3.8, 4) is 0 Å². The summed E-state index contributed by atoms with van der Waals surface area (Å²) in [6, 6.07) is 1.88. The summed E-state index contributed by atoms with van der Waals surface area (Å²) < 4.78 is 0. The predicted molar refractivity (Wildman–Crippen MR) is 88.2 cm³/mol. The highest BCUT2D eigenvalue weighted by molar-refractivity contribution is 5.76. The van der Waals surface area contributed by atoms with E-state index in [2.05, 4.69) is 20.2 Å². The second kappa shape index (κ2) is 7.25. The third-order valence-electron chi connectivity index (χ3n) is 4.70. The zero-order valence-corrected chi connectivity index (χ0v) is 13.8. The molecule has 126 valence electrons. The van der Waals surface area contributed by atoms with Gasteiger partial charge in [-0.15, -0.1) is 0 Å². The number of rotatable bonds is 6. The maximum atomic E-state index is 12.1. The number of aromatic nitrogens is 2. The van der Waals surface area contributed by atoms with Gasteiger partial charge >= 0.3 is 0 Å². The molecule has 0 radical (unpaired) electrons. The molecule has 2 N–H and O–H groups in total. The van der Waals surface area contributed by atoms with Crippen molar-refractivity contribution in [1.82, 2.24) is 20.2 Å². The minimum Gasteiger partial charge on any atom is -0.342 e. The lowest BCUT2D eigenvalue weighted by molar-refractivity contribution is -0.130. The van der Waals surface area contributed by atoms with Crippen LogP contribution in [0.15, 0.2) is 10.9 Å². The van der Waals surface area contributed by atoms with Crippen LogP contribution >= 0.6 is 0 Å². The molecule has 2 heterocycles. The molecule has 6 nitrogen and oxygen atoms in total. The predicted octanol–water partition coefficient (Wildman–Crippen LogP) is 1.00. The molecule has 1 unspecified atom stereocenters. The van der Waals surface area contributed by atoms with E-state index in [9.17, 15) is 9.59 Å². The summed E-state index contributed by atoms with van der Waals surface area (Å²) >= 11 is 0. The first kappa shape index (κ1) is 16.2. The van der Waals surface area contributed by atoms with Crippen molar-refractivity contribution in [2.24, 2.45) is 5.92 Å². The van der Waals surface area contributed by atoms with Crippen LogP contribution in [-0.2, 0) is 11.2 Å². The van der Waals surface area contributed by atoms with Crippen LogP contribution in [0.2, 0.25) is 0 Å². The second-order valence-corrected chi connectivity index (χ2v) is 6.84. The Bertz CT molecular complexity index is 609. The number of aromatic amines is 1. The van der Waals surface area contributed by atoms with Crippen molar-refractivity contribution < 1.29 is 4.79 Å². The first-order valence-electron chi connectivity index (χ1n) is 8.68. The van der Waals surface area contributed by atoms with Crippen LogP contribution in [0.4, 0.5) is 0 Å². The quantitative estimate of drug-likeness (QED) is 0.820. The number of H-pyrrole nitrogens is 1. The summed E-state index contributed by atoms with van der Waals surface area (Å²) in [7, 11) is 0. The van der Waals surface area contributed by atoms with E-state index in [1.54, 1.807) is 0 Å². The summed E-state index contributed by atoms with van der Waals surface area (Å²) in [6.45, 7) is 4.43. The van der Waals surface area contributed by atoms with Crippen molar-refractivity contribution in [1.29, 1.82) is 0 Å². The molecule has 0 spiro atoms. The molecular weight excluding hydrogens is 292 g/mol. The summed E-state index contributed by atoms with van der Waals surface area (Å²) in [4.78, 5) is 32.7. The molecule has 6 heteroatoms. The zero-order valence-electron chi connectivity index (χ0n) is 13.8. The van der Waals surface area contributed by atoms with E-state index in [1.165, 1.54) is 18.9 Å². The van der Waals surface area contributed by atoms with E-state index in [4.69, 9.17) is 0 Å². The van der Waals surface area contributed by atoms with E-state index in [-0.39, 0.29) is 5.56 Å². The Balaban J connectivity index is 1.44. The highest BCUT2D eigenvalue weighted by Gasteiger charge is 2.28. The number of hydrogen-bond donors (Lipinski definition) is 2. The van der Waals surface area contributed by atoms with Crippen LogP contribution in [0.3, 0.4) is 0 Å². The summed E-state index contributed by atoms with van der Waals surface area (Å²) in [6.07, 6.45) is 5.82. The van der Waals surface area contributed by atoms with Gasteiger partial charge in [-0.05, 0) is 38.5 Å². The lowest BCUT2D eigenvalue weighted by Gasteiger charge is -2.20. The number of nitrogens with one attached hydrogen (secondary N) is 2. The van der Waals surface area contributed by atoms with Gasteiger partial charge in [-0.2, -0.15) is 0 Å². The van der Waals surface area contributed by atoms with Gasteiger partial charge in [0.1, 0.15) is 5.82 Å². The Kier molecular flexibility index (Phi) is 5.10. The highest BCUT2D eigenvalue weighted by Crippen LogP contribution is 2.30. The van der Waals surface area contributed by atoms with Gasteiger partial charge in [-0.3, -0.25) is 9.59 Å². The fraction of sp³-hybridized carbons (Fsp3) is 0.706. The average Bonchev–Trinajstić information content (AvgIpc) is 3.31. The molecule has 1 aromatic heterocycles. The molecule has 1 aliphatic heterocycles. The largest absolute Gasteiger partial charge is 0.342 e. The van der Waals surface area contributed by atoms with Gasteiger partial charge in [0, 0.05) is 50.3 Å². The van der Waals surface area contributed by atoms with Gasteiger partial charge in [-0.25, -0.2) is 4.98 Å². The van der Waals surface area contributed by atoms with Crippen LogP contribution in [0, 0.1) is 12.8 Å². The number of amides is 1. The van der Waals surface area contributed by atoms with E-state index in [1.807, 2.05) is 6.92 Å². The van der Waals surface area contributed by atoms with Gasteiger partial charge in [0.2, 0.25) is 5.91 Å². The SMILES string of the molecule is Cc1cc(=O)[nH]c(CCNC2CCC(=O)N(CC3CC3)CC2)n1. The number of carbonyl (C=O) groups excluding carboxylic acids is 1. The van der Waals surface area contributed by atoms with Crippen LogP contribution in [0.1, 0.15) is 43.6 Å². The molecule has 1 saturated heterocycles. The van der Waals surface area contributed by atoms with Crippen molar-refractivity contribution >= 4 is 5.91 Å². The number of hydrogen-bond acceptors (Lipinski definition) is 4. The van der Waals surface area contributed by atoms with Crippen LogP contribution in [-0.4, -0.2) is 46.5 Å². The zero-order chi connectivity index (χ0) is 16.2. The first-order valence-corrected chi connectivity index (χ1v) is 8.68. The van der Waals surface area contributed by atoms with E-state index in [0.29, 0.717) is 24.8 Å². The van der Waals surface area contributed by atoms with Crippen molar-refractivity contribution in [3.63, 3.8) is 0 Å². The molecule has 0 bridgehead atoms. The summed E-state index contributed by atoms with van der Waals surface area (Å²) in [5, 5.41) is 3.52. The van der Waals surface area contributed by atoms with E-state index in [0.717, 1.165) is 49.9 Å².